The van der Waals surface area contributed by atoms with Gasteiger partial charge in [0.15, 0.2) is 0 Å². The summed E-state index contributed by atoms with van der Waals surface area (Å²) in [5.41, 5.74) is 3.09. The minimum Gasteiger partial charge on any atom is -0.462 e. The monoisotopic (exact) mass is 574 g/mol. The van der Waals surface area contributed by atoms with Crippen molar-refractivity contribution in [2.75, 3.05) is 12.4 Å². The Morgan fingerprint density at radius 3 is 1.66 bits per heavy atom. The number of carbonyl (C=O) groups is 2. The minimum atomic E-state index is -0.434. The van der Waals surface area contributed by atoms with Gasteiger partial charge >= 0.3 is 11.9 Å². The van der Waals surface area contributed by atoms with Crippen LogP contribution in [0.25, 0.3) is 11.1 Å². The molecule has 220 valence electrons. The minimum absolute atomic E-state index is 0.347. The van der Waals surface area contributed by atoms with Crippen molar-refractivity contribution in [1.29, 1.82) is 0 Å². The van der Waals surface area contributed by atoms with Crippen LogP contribution in [0.2, 0.25) is 0 Å². The third-order valence-electron chi connectivity index (χ3n) is 7.11. The molecule has 41 heavy (non-hydrogen) atoms. The van der Waals surface area contributed by atoms with E-state index in [1.807, 2.05) is 23.9 Å². The standard InChI is InChI=1S/C36H46O4S/c1-3-5-7-9-10-11-12-13-27-39-35(37)31-19-23-33(24-20-31)40-36(38)32-17-15-29(16-18-32)30-21-25-34(26-22-30)41-28-14-8-6-4-2/h15-26H,3-14,27-28H2,1-2H3. The zero-order valence-electron chi connectivity index (χ0n) is 24.9. The molecule has 3 rings (SSSR count). The molecule has 0 spiro atoms. The molecule has 0 aromatic heterocycles. The third kappa shape index (κ3) is 12.1. The highest BCUT2D eigenvalue weighted by atomic mass is 32.2. The number of hydrogen-bond donors (Lipinski definition) is 0. The first-order valence-electron chi connectivity index (χ1n) is 15.4. The zero-order chi connectivity index (χ0) is 29.1. The highest BCUT2D eigenvalue weighted by Gasteiger charge is 2.11. The molecule has 0 aliphatic carbocycles. The van der Waals surface area contributed by atoms with E-state index in [1.54, 1.807) is 36.4 Å². The van der Waals surface area contributed by atoms with Crippen LogP contribution in [0.3, 0.4) is 0 Å². The first-order valence-corrected chi connectivity index (χ1v) is 16.4. The van der Waals surface area contributed by atoms with Gasteiger partial charge in [0.1, 0.15) is 5.75 Å². The number of benzene rings is 3. The molecule has 5 heteroatoms. The number of esters is 2. The fourth-order valence-electron chi connectivity index (χ4n) is 4.57. The number of carbonyl (C=O) groups excluding carboxylic acids is 2. The summed E-state index contributed by atoms with van der Waals surface area (Å²) in [5, 5.41) is 0. The molecule has 0 N–H and O–H groups in total. The molecule has 4 nitrogen and oxygen atoms in total. The van der Waals surface area contributed by atoms with E-state index < -0.39 is 5.97 Å². The summed E-state index contributed by atoms with van der Waals surface area (Å²) in [6.07, 6.45) is 14.7. The summed E-state index contributed by atoms with van der Waals surface area (Å²) in [6.45, 7) is 4.90. The number of thioether (sulfide) groups is 1. The van der Waals surface area contributed by atoms with Crippen molar-refractivity contribution in [2.24, 2.45) is 0 Å². The van der Waals surface area contributed by atoms with E-state index in [4.69, 9.17) is 9.47 Å². The van der Waals surface area contributed by atoms with E-state index in [0.717, 1.165) is 29.7 Å². The molecule has 0 amide bonds. The van der Waals surface area contributed by atoms with Crippen LogP contribution in [0.15, 0.2) is 77.7 Å². The highest BCUT2D eigenvalue weighted by Crippen LogP contribution is 2.26. The van der Waals surface area contributed by atoms with Crippen LogP contribution in [-0.4, -0.2) is 24.3 Å². The lowest BCUT2D eigenvalue weighted by Crippen LogP contribution is -2.09. The van der Waals surface area contributed by atoms with Gasteiger partial charge in [0.25, 0.3) is 0 Å². The summed E-state index contributed by atoms with van der Waals surface area (Å²) < 4.78 is 10.9. The average Bonchev–Trinajstić information content (AvgIpc) is 3.01. The van der Waals surface area contributed by atoms with E-state index >= 15 is 0 Å². The maximum absolute atomic E-state index is 12.7. The summed E-state index contributed by atoms with van der Waals surface area (Å²) in [5.74, 6) is 0.764. The van der Waals surface area contributed by atoms with Crippen LogP contribution in [0.5, 0.6) is 5.75 Å². The Bertz CT molecular complexity index is 1150. The maximum atomic E-state index is 12.7. The second kappa shape index (κ2) is 19.1. The van der Waals surface area contributed by atoms with Crippen LogP contribution in [0.1, 0.15) is 112 Å². The topological polar surface area (TPSA) is 52.6 Å². The molecule has 0 aliphatic heterocycles. The van der Waals surface area contributed by atoms with Crippen LogP contribution in [0.4, 0.5) is 0 Å². The van der Waals surface area contributed by atoms with Crippen molar-refractivity contribution in [3.05, 3.63) is 83.9 Å². The largest absolute Gasteiger partial charge is 0.462 e. The van der Waals surface area contributed by atoms with Gasteiger partial charge in [0, 0.05) is 4.90 Å². The van der Waals surface area contributed by atoms with Crippen LogP contribution >= 0.6 is 11.8 Å². The fourth-order valence-corrected chi connectivity index (χ4v) is 5.48. The van der Waals surface area contributed by atoms with Gasteiger partial charge in [-0.2, -0.15) is 0 Å². The maximum Gasteiger partial charge on any atom is 0.343 e. The predicted octanol–water partition coefficient (Wildman–Crippen LogP) is 10.5. The second-order valence-electron chi connectivity index (χ2n) is 10.5. The molecule has 0 saturated heterocycles. The van der Waals surface area contributed by atoms with Gasteiger partial charge in [-0.3, -0.25) is 0 Å². The molecular formula is C36H46O4S. The van der Waals surface area contributed by atoms with Gasteiger partial charge in [-0.15, -0.1) is 11.8 Å². The Morgan fingerprint density at radius 1 is 0.561 bits per heavy atom. The molecule has 0 unspecified atom stereocenters. The van der Waals surface area contributed by atoms with Gasteiger partial charge in [-0.05, 0) is 78.3 Å². The molecule has 3 aromatic rings. The number of rotatable bonds is 19. The summed E-state index contributed by atoms with van der Waals surface area (Å²) >= 11 is 1.91. The molecule has 0 fully saturated rings. The molecule has 3 aromatic carbocycles. The van der Waals surface area contributed by atoms with E-state index in [1.165, 1.54) is 69.1 Å². The van der Waals surface area contributed by atoms with Gasteiger partial charge in [-0.1, -0.05) is 102 Å². The van der Waals surface area contributed by atoms with Gasteiger partial charge < -0.3 is 9.47 Å². The highest BCUT2D eigenvalue weighted by molar-refractivity contribution is 7.99. The SMILES string of the molecule is CCCCCCCCCCOC(=O)c1ccc(OC(=O)c2ccc(-c3ccc(SCCCCCC)cc3)cc2)cc1. The fraction of sp³-hybridized carbons (Fsp3) is 0.444. The number of unbranched alkanes of at least 4 members (excludes halogenated alkanes) is 10. The molecular weight excluding hydrogens is 528 g/mol. The normalized spacial score (nSPS) is 10.9. The third-order valence-corrected chi connectivity index (χ3v) is 8.20. The lowest BCUT2D eigenvalue weighted by molar-refractivity contribution is 0.0497. The Labute approximate surface area is 251 Å². The van der Waals surface area contributed by atoms with E-state index in [9.17, 15) is 9.59 Å². The average molecular weight is 575 g/mol. The molecule has 0 aliphatic rings. The lowest BCUT2D eigenvalue weighted by atomic mass is 10.0. The van der Waals surface area contributed by atoms with Crippen molar-refractivity contribution in [2.45, 2.75) is 95.8 Å². The van der Waals surface area contributed by atoms with Gasteiger partial charge in [-0.25, -0.2) is 9.59 Å². The number of ether oxygens (including phenoxy) is 2. The molecule has 0 saturated carbocycles. The van der Waals surface area contributed by atoms with E-state index in [-0.39, 0.29) is 5.97 Å². The first kappa shape index (κ1) is 32.5. The lowest BCUT2D eigenvalue weighted by Gasteiger charge is -2.08. The zero-order valence-corrected chi connectivity index (χ0v) is 25.7. The first-order chi connectivity index (χ1) is 20.1. The Kier molecular flexibility index (Phi) is 15.2. The molecule has 0 bridgehead atoms. The summed E-state index contributed by atoms with van der Waals surface area (Å²) in [4.78, 5) is 26.3. The summed E-state index contributed by atoms with van der Waals surface area (Å²) in [7, 11) is 0. The van der Waals surface area contributed by atoms with Crippen LogP contribution in [0, 0.1) is 0 Å². The van der Waals surface area contributed by atoms with Crippen molar-refractivity contribution < 1.29 is 19.1 Å². The smallest absolute Gasteiger partial charge is 0.343 e. The quantitative estimate of drug-likeness (QED) is 0.0617. The molecule has 0 atom stereocenters. The Hall–Kier alpha value is -3.05. The van der Waals surface area contributed by atoms with Crippen LogP contribution < -0.4 is 4.74 Å². The van der Waals surface area contributed by atoms with Gasteiger partial charge in [0.2, 0.25) is 0 Å². The Morgan fingerprint density at radius 2 is 1.05 bits per heavy atom. The van der Waals surface area contributed by atoms with Crippen molar-refractivity contribution in [3.8, 4) is 16.9 Å². The van der Waals surface area contributed by atoms with Crippen molar-refractivity contribution >= 4 is 23.7 Å². The predicted molar refractivity (Wildman–Crippen MR) is 171 cm³/mol. The number of hydrogen-bond acceptors (Lipinski definition) is 5. The van der Waals surface area contributed by atoms with Crippen LogP contribution in [-0.2, 0) is 4.74 Å². The van der Waals surface area contributed by atoms with E-state index in [0.29, 0.717) is 23.5 Å². The second-order valence-corrected chi connectivity index (χ2v) is 11.7. The summed E-state index contributed by atoms with van der Waals surface area (Å²) in [6, 6.07) is 22.6. The van der Waals surface area contributed by atoms with Crippen molar-refractivity contribution in [3.63, 3.8) is 0 Å². The van der Waals surface area contributed by atoms with E-state index in [2.05, 4.69) is 38.1 Å². The van der Waals surface area contributed by atoms with Crippen molar-refractivity contribution in [1.82, 2.24) is 0 Å². The molecule has 0 heterocycles. The molecule has 0 radical (unpaired) electrons. The Balaban J connectivity index is 1.39. The van der Waals surface area contributed by atoms with Gasteiger partial charge in [0.05, 0.1) is 17.7 Å².